The van der Waals surface area contributed by atoms with E-state index in [-0.39, 0.29) is 6.42 Å². The van der Waals surface area contributed by atoms with Crippen LogP contribution >= 0.6 is 0 Å². The molecule has 2 saturated carbocycles. The van der Waals surface area contributed by atoms with Gasteiger partial charge in [0.05, 0.1) is 12.0 Å². The van der Waals surface area contributed by atoms with Gasteiger partial charge in [-0.3, -0.25) is 9.59 Å². The second-order valence-electron chi connectivity index (χ2n) is 5.21. The maximum Gasteiger partial charge on any atom is 0.332 e. The molecule has 5 N–H and O–H groups in total. The van der Waals surface area contributed by atoms with Gasteiger partial charge in [-0.25, -0.2) is 9.18 Å². The Kier molecular flexibility index (Phi) is 3.00. The number of hydrogen-bond acceptors (Lipinski definition) is 4. The number of carbonyl (C=O) groups excluding carboxylic acids is 1. The highest BCUT2D eigenvalue weighted by Gasteiger charge is 2.76. The Morgan fingerprint density at radius 2 is 2.00 bits per heavy atom. The topological polar surface area (TPSA) is 130 Å². The first-order valence-corrected chi connectivity index (χ1v) is 5.91. The van der Waals surface area contributed by atoms with E-state index in [9.17, 15) is 23.9 Å². The predicted molar refractivity (Wildman–Crippen MR) is 59.8 cm³/mol. The van der Waals surface area contributed by atoms with Crippen molar-refractivity contribution in [2.75, 3.05) is 0 Å². The molecule has 2 rings (SSSR count). The van der Waals surface area contributed by atoms with Crippen LogP contribution in [0.15, 0.2) is 0 Å². The number of carboxylic acid groups (broad SMARTS) is 2. The van der Waals surface area contributed by atoms with E-state index in [0.29, 0.717) is 0 Å². The highest BCUT2D eigenvalue weighted by molar-refractivity contribution is 5.92. The van der Waals surface area contributed by atoms with E-state index in [1.807, 2.05) is 0 Å². The van der Waals surface area contributed by atoms with Gasteiger partial charge in [0.25, 0.3) is 0 Å². The maximum absolute atomic E-state index is 14.0. The van der Waals surface area contributed by atoms with Gasteiger partial charge in [-0.05, 0) is 19.3 Å². The zero-order valence-corrected chi connectivity index (χ0v) is 10.2. The molecule has 0 bridgehead atoms. The molecule has 0 radical (unpaired) electrons. The Hall–Kier alpha value is -1.70. The first-order chi connectivity index (χ1) is 8.73. The van der Waals surface area contributed by atoms with Crippen molar-refractivity contribution in [1.82, 2.24) is 5.32 Å². The summed E-state index contributed by atoms with van der Waals surface area (Å²) >= 11 is 0. The maximum atomic E-state index is 14.0. The quantitative estimate of drug-likeness (QED) is 0.518. The van der Waals surface area contributed by atoms with Crippen LogP contribution in [0.3, 0.4) is 0 Å². The highest BCUT2D eigenvalue weighted by Crippen LogP contribution is 2.63. The molecule has 106 valence electrons. The van der Waals surface area contributed by atoms with Crippen LogP contribution in [0.5, 0.6) is 0 Å². The molecule has 2 fully saturated rings. The van der Waals surface area contributed by atoms with Gasteiger partial charge >= 0.3 is 11.9 Å². The minimum Gasteiger partial charge on any atom is -0.481 e. The molecular weight excluding hydrogens is 259 g/mol. The molecule has 0 saturated heterocycles. The number of alkyl halides is 1. The fourth-order valence-corrected chi connectivity index (χ4v) is 3.07. The predicted octanol–water partition coefficient (Wildman–Crippen LogP) is -1.04. The third-order valence-corrected chi connectivity index (χ3v) is 4.05. The summed E-state index contributed by atoms with van der Waals surface area (Å²) in [4.78, 5) is 33.9. The van der Waals surface area contributed by atoms with Gasteiger partial charge in [0.1, 0.15) is 6.17 Å². The number of fused-ring (bicyclic) bond motifs is 1. The fourth-order valence-electron chi connectivity index (χ4n) is 3.07. The summed E-state index contributed by atoms with van der Waals surface area (Å²) in [5.41, 5.74) is 3.16. The molecule has 19 heavy (non-hydrogen) atoms. The Bertz CT molecular complexity index is 454. The van der Waals surface area contributed by atoms with Gasteiger partial charge in [-0.1, -0.05) is 0 Å². The van der Waals surface area contributed by atoms with Crippen LogP contribution in [-0.4, -0.2) is 45.8 Å². The van der Waals surface area contributed by atoms with Crippen molar-refractivity contribution in [3.63, 3.8) is 0 Å². The number of nitrogens with one attached hydrogen (secondary N) is 1. The van der Waals surface area contributed by atoms with Crippen LogP contribution in [0.25, 0.3) is 0 Å². The minimum atomic E-state index is -2.17. The molecule has 6 atom stereocenters. The number of carbonyl (C=O) groups is 3. The number of aliphatic carboxylic acids is 2. The van der Waals surface area contributed by atoms with Crippen LogP contribution in [0.4, 0.5) is 4.39 Å². The molecule has 0 aromatic carbocycles. The van der Waals surface area contributed by atoms with Crippen LogP contribution in [0, 0.1) is 17.8 Å². The lowest BCUT2D eigenvalue weighted by atomic mass is 9.88. The van der Waals surface area contributed by atoms with Crippen molar-refractivity contribution >= 4 is 17.8 Å². The molecule has 0 aliphatic heterocycles. The van der Waals surface area contributed by atoms with E-state index in [1.165, 1.54) is 6.92 Å². The molecule has 8 heteroatoms. The zero-order chi connectivity index (χ0) is 14.5. The lowest BCUT2D eigenvalue weighted by Gasteiger charge is -2.31. The Balaban J connectivity index is 2.31. The van der Waals surface area contributed by atoms with E-state index in [0.717, 1.165) is 0 Å². The summed E-state index contributed by atoms with van der Waals surface area (Å²) in [7, 11) is 0. The molecule has 0 spiro atoms. The summed E-state index contributed by atoms with van der Waals surface area (Å²) in [6.45, 7) is 1.34. The molecule has 0 aromatic heterocycles. The second kappa shape index (κ2) is 4.16. The van der Waals surface area contributed by atoms with Gasteiger partial charge in [0, 0.05) is 5.92 Å². The minimum absolute atomic E-state index is 0.173. The van der Waals surface area contributed by atoms with Crippen LogP contribution in [0.2, 0.25) is 0 Å². The Morgan fingerprint density at radius 1 is 1.42 bits per heavy atom. The number of amides is 1. The second-order valence-corrected chi connectivity index (χ2v) is 5.21. The summed E-state index contributed by atoms with van der Waals surface area (Å²) in [6.07, 6.45) is -1.98. The first-order valence-electron chi connectivity index (χ1n) is 5.91. The van der Waals surface area contributed by atoms with E-state index < -0.39 is 53.4 Å². The Labute approximate surface area is 108 Å². The van der Waals surface area contributed by atoms with Gasteiger partial charge < -0.3 is 21.3 Å². The third-order valence-electron chi connectivity index (χ3n) is 4.05. The SMILES string of the molecule is C[C@H](N)C(=O)N[C@]1(C(=O)O)[C@H]2[C@@H](C[C@@H]1F)[C@@H]2C(=O)O. The van der Waals surface area contributed by atoms with Gasteiger partial charge in [-0.2, -0.15) is 0 Å². The van der Waals surface area contributed by atoms with Crippen LogP contribution in [-0.2, 0) is 14.4 Å². The lowest BCUT2D eigenvalue weighted by molar-refractivity contribution is -0.153. The van der Waals surface area contributed by atoms with Gasteiger partial charge in [-0.15, -0.1) is 0 Å². The van der Waals surface area contributed by atoms with Crippen LogP contribution < -0.4 is 11.1 Å². The van der Waals surface area contributed by atoms with Crippen LogP contribution in [0.1, 0.15) is 13.3 Å². The third kappa shape index (κ3) is 1.78. The van der Waals surface area contributed by atoms with Crippen molar-refractivity contribution < 1.29 is 29.0 Å². The number of carboxylic acids is 2. The molecule has 1 amide bonds. The lowest BCUT2D eigenvalue weighted by Crippen LogP contribution is -2.63. The largest absolute Gasteiger partial charge is 0.481 e. The number of hydrogen-bond donors (Lipinski definition) is 4. The molecule has 2 aliphatic rings. The van der Waals surface area contributed by atoms with E-state index in [2.05, 4.69) is 5.32 Å². The summed E-state index contributed by atoms with van der Waals surface area (Å²) in [5, 5.41) is 20.3. The van der Waals surface area contributed by atoms with Crippen molar-refractivity contribution in [2.24, 2.45) is 23.5 Å². The average Bonchev–Trinajstić information content (AvgIpc) is 2.92. The summed E-state index contributed by atoms with van der Waals surface area (Å²) < 4.78 is 14.0. The standard InChI is InChI=1S/C11H15FN2O5/c1-3(13)8(15)14-11(10(18)19)5(12)2-4-6(7(4)11)9(16)17/h3-7H,2,13H2,1H3,(H,14,15)(H,16,17)(H,18,19)/t3-,4-,5-,6-,7-,11-/m0/s1. The Morgan fingerprint density at radius 3 is 2.42 bits per heavy atom. The monoisotopic (exact) mass is 274 g/mol. The molecule has 0 aromatic rings. The number of rotatable bonds is 4. The normalized spacial score (nSPS) is 41.2. The highest BCUT2D eigenvalue weighted by atomic mass is 19.1. The van der Waals surface area contributed by atoms with E-state index in [1.54, 1.807) is 0 Å². The summed E-state index contributed by atoms with van der Waals surface area (Å²) in [6, 6.07) is -0.996. The molecule has 0 unspecified atom stereocenters. The first kappa shape index (κ1) is 13.7. The van der Waals surface area contributed by atoms with Crippen molar-refractivity contribution in [3.8, 4) is 0 Å². The van der Waals surface area contributed by atoms with Gasteiger partial charge in [0.2, 0.25) is 5.91 Å². The summed E-state index contributed by atoms with van der Waals surface area (Å²) in [5.74, 6) is -5.90. The smallest absolute Gasteiger partial charge is 0.332 e. The zero-order valence-electron chi connectivity index (χ0n) is 10.2. The molecule has 0 heterocycles. The van der Waals surface area contributed by atoms with Crippen molar-refractivity contribution in [2.45, 2.75) is 31.1 Å². The fraction of sp³-hybridized carbons (Fsp3) is 0.727. The van der Waals surface area contributed by atoms with Crippen molar-refractivity contribution in [3.05, 3.63) is 0 Å². The average molecular weight is 274 g/mol. The van der Waals surface area contributed by atoms with Crippen molar-refractivity contribution in [1.29, 1.82) is 0 Å². The number of halogens is 1. The molecule has 7 nitrogen and oxygen atoms in total. The van der Waals surface area contributed by atoms with Gasteiger partial charge in [0.15, 0.2) is 5.54 Å². The molecular formula is C11H15FN2O5. The number of nitrogens with two attached hydrogens (primary N) is 1. The molecule has 2 aliphatic carbocycles. The van der Waals surface area contributed by atoms with E-state index >= 15 is 0 Å². The van der Waals surface area contributed by atoms with E-state index in [4.69, 9.17) is 10.8 Å².